The summed E-state index contributed by atoms with van der Waals surface area (Å²) >= 11 is 0. The number of aryl methyl sites for hydroxylation is 1. The summed E-state index contributed by atoms with van der Waals surface area (Å²) in [5.41, 5.74) is 2.23. The van der Waals surface area contributed by atoms with Gasteiger partial charge >= 0.3 is 0 Å². The maximum atomic E-state index is 10.7. The Labute approximate surface area is 108 Å². The third-order valence-corrected chi connectivity index (χ3v) is 3.39. The quantitative estimate of drug-likeness (QED) is 0.718. The minimum Gasteiger partial charge on any atom is -0.496 e. The first-order chi connectivity index (χ1) is 8.42. The van der Waals surface area contributed by atoms with Crippen molar-refractivity contribution in [3.05, 3.63) is 29.3 Å². The second kappa shape index (κ2) is 6.72. The fourth-order valence-electron chi connectivity index (χ4n) is 1.67. The Morgan fingerprint density at radius 2 is 2.11 bits per heavy atom. The van der Waals surface area contributed by atoms with Crippen molar-refractivity contribution >= 4 is 10.0 Å². The van der Waals surface area contributed by atoms with Crippen molar-refractivity contribution in [2.75, 3.05) is 19.4 Å². The number of nitrogens with two attached hydrogens (primary N) is 1. The lowest BCUT2D eigenvalue weighted by molar-refractivity contribution is 0.407. The zero-order chi connectivity index (χ0) is 13.6. The van der Waals surface area contributed by atoms with Crippen molar-refractivity contribution in [2.24, 2.45) is 5.14 Å². The summed E-state index contributed by atoms with van der Waals surface area (Å²) < 4.78 is 26.7. The van der Waals surface area contributed by atoms with E-state index in [1.165, 1.54) is 0 Å². The average Bonchev–Trinajstić information content (AvgIpc) is 2.27. The lowest BCUT2D eigenvalue weighted by Crippen LogP contribution is -2.22. The first-order valence-electron chi connectivity index (χ1n) is 5.77. The van der Waals surface area contributed by atoms with Gasteiger partial charge in [0, 0.05) is 12.1 Å². The zero-order valence-corrected chi connectivity index (χ0v) is 11.6. The van der Waals surface area contributed by atoms with Crippen LogP contribution in [0.4, 0.5) is 0 Å². The maximum Gasteiger partial charge on any atom is 0.209 e. The van der Waals surface area contributed by atoms with Gasteiger partial charge in [0.25, 0.3) is 0 Å². The highest BCUT2D eigenvalue weighted by atomic mass is 32.2. The summed E-state index contributed by atoms with van der Waals surface area (Å²) in [6.07, 6.45) is 0.507. The molecule has 0 bridgehead atoms. The van der Waals surface area contributed by atoms with Crippen molar-refractivity contribution in [3.8, 4) is 5.75 Å². The van der Waals surface area contributed by atoms with Crippen LogP contribution in [-0.2, 0) is 16.6 Å². The Kier molecular flexibility index (Phi) is 5.58. The van der Waals surface area contributed by atoms with E-state index in [9.17, 15) is 8.42 Å². The number of hydrogen-bond acceptors (Lipinski definition) is 4. The van der Waals surface area contributed by atoms with E-state index >= 15 is 0 Å². The lowest BCUT2D eigenvalue weighted by Gasteiger charge is -2.10. The molecule has 1 aromatic rings. The topological polar surface area (TPSA) is 81.4 Å². The van der Waals surface area contributed by atoms with E-state index in [1.54, 1.807) is 7.11 Å². The summed E-state index contributed by atoms with van der Waals surface area (Å²) in [6.45, 7) is 3.27. The van der Waals surface area contributed by atoms with Gasteiger partial charge in [0.05, 0.1) is 12.9 Å². The second-order valence-electron chi connectivity index (χ2n) is 4.21. The fourth-order valence-corrected chi connectivity index (χ4v) is 2.21. The smallest absolute Gasteiger partial charge is 0.209 e. The van der Waals surface area contributed by atoms with Crippen LogP contribution < -0.4 is 15.2 Å². The Morgan fingerprint density at radius 3 is 2.72 bits per heavy atom. The highest BCUT2D eigenvalue weighted by Gasteiger charge is 2.04. The van der Waals surface area contributed by atoms with Crippen LogP contribution >= 0.6 is 0 Å². The van der Waals surface area contributed by atoms with Gasteiger partial charge in [-0.05, 0) is 26.0 Å². The highest BCUT2D eigenvalue weighted by Crippen LogP contribution is 2.19. The third kappa shape index (κ3) is 5.48. The molecular weight excluding hydrogens is 252 g/mol. The van der Waals surface area contributed by atoms with Crippen LogP contribution in [0.1, 0.15) is 17.5 Å². The van der Waals surface area contributed by atoms with Crippen molar-refractivity contribution in [2.45, 2.75) is 19.9 Å². The summed E-state index contributed by atoms with van der Waals surface area (Å²) in [4.78, 5) is 0. The van der Waals surface area contributed by atoms with E-state index in [1.807, 2.05) is 25.1 Å². The Hall–Kier alpha value is -1.11. The van der Waals surface area contributed by atoms with Crippen molar-refractivity contribution in [3.63, 3.8) is 0 Å². The predicted octanol–water partition coefficient (Wildman–Crippen LogP) is 0.772. The number of primary sulfonamides is 1. The SMILES string of the molecule is COc1ccc(C)cc1CNCCCS(N)(=O)=O. The van der Waals surface area contributed by atoms with Crippen LogP contribution in [0.15, 0.2) is 18.2 Å². The molecule has 6 heteroatoms. The molecule has 0 unspecified atom stereocenters. The Balaban J connectivity index is 2.41. The van der Waals surface area contributed by atoms with Gasteiger partial charge in [0.2, 0.25) is 10.0 Å². The average molecular weight is 272 g/mol. The molecule has 0 fully saturated rings. The molecule has 5 nitrogen and oxygen atoms in total. The van der Waals surface area contributed by atoms with E-state index in [0.29, 0.717) is 19.5 Å². The van der Waals surface area contributed by atoms with Crippen LogP contribution in [-0.4, -0.2) is 27.8 Å². The molecule has 0 radical (unpaired) electrons. The molecule has 0 saturated carbocycles. The number of rotatable bonds is 7. The van der Waals surface area contributed by atoms with Gasteiger partial charge in [-0.3, -0.25) is 0 Å². The van der Waals surface area contributed by atoms with Gasteiger partial charge in [0.1, 0.15) is 5.75 Å². The summed E-state index contributed by atoms with van der Waals surface area (Å²) in [5.74, 6) is 0.838. The van der Waals surface area contributed by atoms with E-state index in [0.717, 1.165) is 16.9 Å². The molecule has 0 atom stereocenters. The second-order valence-corrected chi connectivity index (χ2v) is 5.95. The van der Waals surface area contributed by atoms with Gasteiger partial charge in [0.15, 0.2) is 0 Å². The highest BCUT2D eigenvalue weighted by molar-refractivity contribution is 7.89. The normalized spacial score (nSPS) is 11.5. The lowest BCUT2D eigenvalue weighted by atomic mass is 10.1. The van der Waals surface area contributed by atoms with Gasteiger partial charge in [-0.25, -0.2) is 13.6 Å². The molecular formula is C12H20N2O3S. The molecule has 0 spiro atoms. The molecule has 0 aliphatic carbocycles. The van der Waals surface area contributed by atoms with Crippen molar-refractivity contribution < 1.29 is 13.2 Å². The van der Waals surface area contributed by atoms with Gasteiger partial charge in [-0.1, -0.05) is 17.7 Å². The summed E-state index contributed by atoms with van der Waals surface area (Å²) in [5, 5.41) is 8.09. The summed E-state index contributed by atoms with van der Waals surface area (Å²) in [6, 6.07) is 5.96. The number of sulfonamides is 1. The van der Waals surface area contributed by atoms with E-state index < -0.39 is 10.0 Å². The first kappa shape index (κ1) is 14.9. The number of methoxy groups -OCH3 is 1. The Morgan fingerprint density at radius 1 is 1.39 bits per heavy atom. The molecule has 0 heterocycles. The molecule has 0 saturated heterocycles. The van der Waals surface area contributed by atoms with Crippen molar-refractivity contribution in [1.82, 2.24) is 5.32 Å². The number of hydrogen-bond donors (Lipinski definition) is 2. The standard InChI is InChI=1S/C12H20N2O3S/c1-10-4-5-12(17-2)11(8-10)9-14-6-3-7-18(13,15)16/h4-5,8,14H,3,6-7,9H2,1-2H3,(H2,13,15,16). The number of ether oxygens (including phenoxy) is 1. The van der Waals surface area contributed by atoms with Crippen LogP contribution in [0.3, 0.4) is 0 Å². The molecule has 1 aromatic carbocycles. The molecule has 0 aliphatic heterocycles. The Bertz CT molecular complexity index is 486. The molecule has 0 amide bonds. The molecule has 0 aromatic heterocycles. The minimum absolute atomic E-state index is 0.00491. The monoisotopic (exact) mass is 272 g/mol. The number of benzene rings is 1. The minimum atomic E-state index is -3.35. The molecule has 3 N–H and O–H groups in total. The fraction of sp³-hybridized carbons (Fsp3) is 0.500. The first-order valence-corrected chi connectivity index (χ1v) is 7.48. The molecule has 102 valence electrons. The predicted molar refractivity (Wildman–Crippen MR) is 72.0 cm³/mol. The molecule has 18 heavy (non-hydrogen) atoms. The van der Waals surface area contributed by atoms with Crippen LogP contribution in [0.5, 0.6) is 5.75 Å². The maximum absolute atomic E-state index is 10.7. The molecule has 1 rings (SSSR count). The van der Waals surface area contributed by atoms with Gasteiger partial charge < -0.3 is 10.1 Å². The van der Waals surface area contributed by atoms with E-state index in [-0.39, 0.29) is 5.75 Å². The van der Waals surface area contributed by atoms with Crippen molar-refractivity contribution in [1.29, 1.82) is 0 Å². The number of nitrogens with one attached hydrogen (secondary N) is 1. The third-order valence-electron chi connectivity index (χ3n) is 2.53. The largest absolute Gasteiger partial charge is 0.496 e. The van der Waals surface area contributed by atoms with Crippen LogP contribution in [0.25, 0.3) is 0 Å². The van der Waals surface area contributed by atoms with Crippen LogP contribution in [0.2, 0.25) is 0 Å². The van der Waals surface area contributed by atoms with Crippen LogP contribution in [0, 0.1) is 6.92 Å². The van der Waals surface area contributed by atoms with E-state index in [4.69, 9.17) is 9.88 Å². The van der Waals surface area contributed by atoms with Gasteiger partial charge in [-0.15, -0.1) is 0 Å². The summed E-state index contributed by atoms with van der Waals surface area (Å²) in [7, 11) is -1.72. The van der Waals surface area contributed by atoms with E-state index in [2.05, 4.69) is 5.32 Å². The van der Waals surface area contributed by atoms with Gasteiger partial charge in [-0.2, -0.15) is 0 Å². The zero-order valence-electron chi connectivity index (χ0n) is 10.8. The molecule has 0 aliphatic rings.